The third kappa shape index (κ3) is 7.95. The number of sulfonamides is 1. The van der Waals surface area contributed by atoms with Crippen LogP contribution in [0.1, 0.15) is 62.1 Å². The summed E-state index contributed by atoms with van der Waals surface area (Å²) in [6, 6.07) is 12.0. The number of halogens is 1. The fourth-order valence-corrected chi connectivity index (χ4v) is 6.10. The third-order valence-corrected chi connectivity index (χ3v) is 8.24. The average Bonchev–Trinajstić information content (AvgIpc) is 2.83. The zero-order valence-electron chi connectivity index (χ0n) is 22.2. The van der Waals surface area contributed by atoms with E-state index < -0.39 is 28.5 Å². The van der Waals surface area contributed by atoms with Crippen LogP contribution in [-0.4, -0.2) is 50.0 Å². The molecule has 0 aliphatic heterocycles. The molecule has 1 saturated carbocycles. The van der Waals surface area contributed by atoms with Crippen molar-refractivity contribution in [1.29, 1.82) is 0 Å². The first-order chi connectivity index (χ1) is 17.5. The van der Waals surface area contributed by atoms with Crippen molar-refractivity contribution in [2.24, 2.45) is 0 Å². The highest BCUT2D eigenvalue weighted by atomic mass is 35.5. The molecule has 2 aromatic rings. The van der Waals surface area contributed by atoms with Gasteiger partial charge in [-0.1, -0.05) is 67.6 Å². The van der Waals surface area contributed by atoms with Gasteiger partial charge in [-0.2, -0.15) is 0 Å². The molecule has 1 aliphatic carbocycles. The first kappa shape index (κ1) is 29.0. The minimum atomic E-state index is -3.79. The normalized spacial score (nSPS) is 15.2. The van der Waals surface area contributed by atoms with E-state index >= 15 is 0 Å². The highest BCUT2D eigenvalue weighted by Gasteiger charge is 2.33. The van der Waals surface area contributed by atoms with Crippen LogP contribution in [0.3, 0.4) is 0 Å². The van der Waals surface area contributed by atoms with Gasteiger partial charge in [0.1, 0.15) is 12.6 Å². The molecule has 2 aromatic carbocycles. The zero-order valence-corrected chi connectivity index (χ0v) is 23.7. The van der Waals surface area contributed by atoms with Crippen LogP contribution in [0.25, 0.3) is 0 Å². The fourth-order valence-electron chi connectivity index (χ4n) is 4.96. The summed E-state index contributed by atoms with van der Waals surface area (Å²) in [6.45, 7) is 5.38. The summed E-state index contributed by atoms with van der Waals surface area (Å²) in [5.41, 5.74) is 2.94. The lowest BCUT2D eigenvalue weighted by atomic mass is 9.95. The van der Waals surface area contributed by atoms with Crippen molar-refractivity contribution in [2.45, 2.75) is 77.9 Å². The summed E-state index contributed by atoms with van der Waals surface area (Å²) in [4.78, 5) is 28.8. The first-order valence-corrected chi connectivity index (χ1v) is 15.1. The van der Waals surface area contributed by atoms with E-state index in [0.717, 1.165) is 47.4 Å². The lowest BCUT2D eigenvalue weighted by Gasteiger charge is -2.34. The Morgan fingerprint density at radius 1 is 1.08 bits per heavy atom. The van der Waals surface area contributed by atoms with Gasteiger partial charge in [-0.3, -0.25) is 13.9 Å². The summed E-state index contributed by atoms with van der Waals surface area (Å²) in [5.74, 6) is -0.629. The standard InChI is InChI=1S/C28H38ClN3O4S/c1-5-25(28(34)30-24-12-7-6-8-13-24)31(18-22-11-9-10-20(2)16-22)27(33)19-32(37(4,35)36)26-15-14-23(29)17-21(26)3/h9-11,14-17,24-25H,5-8,12-13,18-19H2,1-4H3,(H,30,34)/t25-/m0/s1. The predicted octanol–water partition coefficient (Wildman–Crippen LogP) is 4.98. The van der Waals surface area contributed by atoms with Gasteiger partial charge in [0.05, 0.1) is 11.9 Å². The maximum absolute atomic E-state index is 13.9. The number of hydrogen-bond acceptors (Lipinski definition) is 4. The van der Waals surface area contributed by atoms with Crippen molar-refractivity contribution >= 4 is 39.1 Å². The van der Waals surface area contributed by atoms with Crippen LogP contribution in [0.15, 0.2) is 42.5 Å². The van der Waals surface area contributed by atoms with Crippen LogP contribution >= 0.6 is 11.6 Å². The molecule has 2 amide bonds. The van der Waals surface area contributed by atoms with Crippen molar-refractivity contribution in [3.05, 3.63) is 64.2 Å². The topological polar surface area (TPSA) is 86.8 Å². The Morgan fingerprint density at radius 3 is 2.38 bits per heavy atom. The molecule has 0 aromatic heterocycles. The highest BCUT2D eigenvalue weighted by Crippen LogP contribution is 2.26. The van der Waals surface area contributed by atoms with E-state index in [9.17, 15) is 18.0 Å². The van der Waals surface area contributed by atoms with Gasteiger partial charge in [0.25, 0.3) is 0 Å². The van der Waals surface area contributed by atoms with Crippen LogP contribution in [0, 0.1) is 13.8 Å². The molecule has 3 rings (SSSR count). The monoisotopic (exact) mass is 547 g/mol. The smallest absolute Gasteiger partial charge is 0.244 e. The molecule has 0 unspecified atom stereocenters. The molecule has 0 saturated heterocycles. The van der Waals surface area contributed by atoms with Crippen LogP contribution in [0.2, 0.25) is 5.02 Å². The van der Waals surface area contributed by atoms with Gasteiger partial charge in [0, 0.05) is 17.6 Å². The molecule has 7 nitrogen and oxygen atoms in total. The zero-order chi connectivity index (χ0) is 27.2. The molecule has 0 bridgehead atoms. The average molecular weight is 548 g/mol. The molecular weight excluding hydrogens is 510 g/mol. The van der Waals surface area contributed by atoms with E-state index in [1.165, 1.54) is 11.3 Å². The van der Waals surface area contributed by atoms with Gasteiger partial charge in [-0.25, -0.2) is 8.42 Å². The minimum absolute atomic E-state index is 0.107. The number of rotatable bonds is 10. The molecule has 37 heavy (non-hydrogen) atoms. The third-order valence-electron chi connectivity index (χ3n) is 6.88. The minimum Gasteiger partial charge on any atom is -0.352 e. The Hall–Kier alpha value is -2.58. The Bertz CT molecular complexity index is 1210. The van der Waals surface area contributed by atoms with Crippen molar-refractivity contribution in [3.8, 4) is 0 Å². The molecule has 1 atom stereocenters. The van der Waals surface area contributed by atoms with Crippen molar-refractivity contribution in [3.63, 3.8) is 0 Å². The second-order valence-corrected chi connectivity index (χ2v) is 12.3. The summed E-state index contributed by atoms with van der Waals surface area (Å²) in [5, 5.41) is 3.63. The summed E-state index contributed by atoms with van der Waals surface area (Å²) in [6.07, 6.45) is 6.69. The lowest BCUT2D eigenvalue weighted by molar-refractivity contribution is -0.140. The Labute approximate surface area is 226 Å². The van der Waals surface area contributed by atoms with Gasteiger partial charge in [-0.15, -0.1) is 0 Å². The molecule has 1 N–H and O–H groups in total. The molecule has 1 aliphatic rings. The van der Waals surface area contributed by atoms with E-state index in [1.54, 1.807) is 25.1 Å². The van der Waals surface area contributed by atoms with E-state index in [2.05, 4.69) is 5.32 Å². The molecule has 1 fully saturated rings. The lowest BCUT2D eigenvalue weighted by Crippen LogP contribution is -2.54. The Morgan fingerprint density at radius 2 is 1.78 bits per heavy atom. The van der Waals surface area contributed by atoms with Gasteiger partial charge in [0.2, 0.25) is 21.8 Å². The SMILES string of the molecule is CC[C@@H](C(=O)NC1CCCCC1)N(Cc1cccc(C)c1)C(=O)CN(c1ccc(Cl)cc1C)S(C)(=O)=O. The van der Waals surface area contributed by atoms with Crippen molar-refractivity contribution < 1.29 is 18.0 Å². The van der Waals surface area contributed by atoms with Gasteiger partial charge < -0.3 is 10.2 Å². The van der Waals surface area contributed by atoms with E-state index in [1.807, 2.05) is 38.1 Å². The van der Waals surface area contributed by atoms with Crippen LogP contribution in [0.5, 0.6) is 0 Å². The maximum atomic E-state index is 13.9. The second-order valence-electron chi connectivity index (χ2n) is 9.98. The number of carbonyl (C=O) groups is 2. The number of hydrogen-bond donors (Lipinski definition) is 1. The van der Waals surface area contributed by atoms with E-state index in [0.29, 0.717) is 22.7 Å². The number of nitrogens with zero attached hydrogens (tertiary/aromatic N) is 2. The quantitative estimate of drug-likeness (QED) is 0.454. The molecular formula is C28H38ClN3O4S. The molecule has 0 radical (unpaired) electrons. The molecule has 0 heterocycles. The van der Waals surface area contributed by atoms with Crippen LogP contribution < -0.4 is 9.62 Å². The maximum Gasteiger partial charge on any atom is 0.244 e. The van der Waals surface area contributed by atoms with E-state index in [-0.39, 0.29) is 18.5 Å². The van der Waals surface area contributed by atoms with Crippen molar-refractivity contribution in [1.82, 2.24) is 10.2 Å². The summed E-state index contributed by atoms with van der Waals surface area (Å²) >= 11 is 6.08. The molecule has 202 valence electrons. The summed E-state index contributed by atoms with van der Waals surface area (Å²) < 4.78 is 26.7. The molecule has 9 heteroatoms. The van der Waals surface area contributed by atoms with Crippen molar-refractivity contribution in [2.75, 3.05) is 17.1 Å². The number of aryl methyl sites for hydroxylation is 2. The fraction of sp³-hybridized carbons (Fsp3) is 0.500. The number of anilines is 1. The van der Waals surface area contributed by atoms with E-state index in [4.69, 9.17) is 11.6 Å². The highest BCUT2D eigenvalue weighted by molar-refractivity contribution is 7.92. The largest absolute Gasteiger partial charge is 0.352 e. The second kappa shape index (κ2) is 12.8. The van der Waals surface area contributed by atoms with Crippen LogP contribution in [0.4, 0.5) is 5.69 Å². The summed E-state index contributed by atoms with van der Waals surface area (Å²) in [7, 11) is -3.79. The molecule has 0 spiro atoms. The number of benzene rings is 2. The van der Waals surface area contributed by atoms with Gasteiger partial charge in [0.15, 0.2) is 0 Å². The Balaban J connectivity index is 1.93. The number of amides is 2. The first-order valence-electron chi connectivity index (χ1n) is 12.9. The van der Waals surface area contributed by atoms with Crippen LogP contribution in [-0.2, 0) is 26.2 Å². The number of nitrogens with one attached hydrogen (secondary N) is 1. The van der Waals surface area contributed by atoms with Gasteiger partial charge in [-0.05, 0) is 62.4 Å². The van der Waals surface area contributed by atoms with Gasteiger partial charge >= 0.3 is 0 Å². The Kier molecular flexibility index (Phi) is 10.0. The number of carbonyl (C=O) groups excluding carboxylic acids is 2. The predicted molar refractivity (Wildman–Crippen MR) is 149 cm³/mol.